The van der Waals surface area contributed by atoms with Crippen molar-refractivity contribution < 1.29 is 19.5 Å². The van der Waals surface area contributed by atoms with Gasteiger partial charge < -0.3 is 15.3 Å². The van der Waals surface area contributed by atoms with Gasteiger partial charge in [0.05, 0.1) is 0 Å². The summed E-state index contributed by atoms with van der Waals surface area (Å²) < 4.78 is 0. The van der Waals surface area contributed by atoms with Gasteiger partial charge in [-0.25, -0.2) is 0 Å². The van der Waals surface area contributed by atoms with Gasteiger partial charge in [0.25, 0.3) is 0 Å². The quantitative estimate of drug-likeness (QED) is 0.682. The van der Waals surface area contributed by atoms with E-state index < -0.39 is 11.5 Å². The number of rotatable bonds is 8. The van der Waals surface area contributed by atoms with Crippen LogP contribution in [0.2, 0.25) is 0 Å². The number of aromatic nitrogens is 1. The minimum atomic E-state index is -0.877. The highest BCUT2D eigenvalue weighted by molar-refractivity contribution is 5.80. The molecule has 0 bridgehead atoms. The Morgan fingerprint density at radius 3 is 2.69 bits per heavy atom. The molecule has 0 spiro atoms. The number of pyridine rings is 1. The lowest BCUT2D eigenvalue weighted by Crippen LogP contribution is -2.43. The summed E-state index contributed by atoms with van der Waals surface area (Å²) in [7, 11) is 0. The van der Waals surface area contributed by atoms with Crippen LogP contribution in [0.25, 0.3) is 0 Å². The molecular weight excluding hydrogens is 372 g/mol. The first kappa shape index (κ1) is 21.2. The van der Waals surface area contributed by atoms with Gasteiger partial charge in [-0.3, -0.25) is 24.3 Å². The number of nitrogens with zero attached hydrogens (tertiary/aromatic N) is 3. The number of amides is 2. The largest absolute Gasteiger partial charge is 0.481 e. The second kappa shape index (κ2) is 9.82. The van der Waals surface area contributed by atoms with E-state index in [0.717, 1.165) is 32.6 Å². The molecule has 29 heavy (non-hydrogen) atoms. The molecule has 1 aromatic rings. The fourth-order valence-corrected chi connectivity index (χ4v) is 4.25. The van der Waals surface area contributed by atoms with Crippen LogP contribution in [-0.2, 0) is 20.9 Å². The summed E-state index contributed by atoms with van der Waals surface area (Å²) >= 11 is 0. The second-order valence-corrected chi connectivity index (χ2v) is 8.09. The van der Waals surface area contributed by atoms with E-state index in [1.807, 2.05) is 17.2 Å². The molecule has 0 aliphatic carbocycles. The molecule has 0 saturated carbocycles. The third-order valence-corrected chi connectivity index (χ3v) is 5.94. The minimum absolute atomic E-state index is 0.00148. The minimum Gasteiger partial charge on any atom is -0.481 e. The predicted molar refractivity (Wildman–Crippen MR) is 107 cm³/mol. The zero-order chi connectivity index (χ0) is 20.7. The summed E-state index contributed by atoms with van der Waals surface area (Å²) in [6.45, 7) is 4.02. The number of carboxylic acids is 1. The van der Waals surface area contributed by atoms with Crippen LogP contribution >= 0.6 is 0 Å². The molecule has 0 unspecified atom stereocenters. The van der Waals surface area contributed by atoms with Crippen molar-refractivity contribution in [1.29, 1.82) is 0 Å². The zero-order valence-electron chi connectivity index (χ0n) is 16.8. The molecule has 158 valence electrons. The van der Waals surface area contributed by atoms with Crippen LogP contribution in [0, 0.1) is 0 Å². The van der Waals surface area contributed by atoms with E-state index in [1.54, 1.807) is 6.20 Å². The molecule has 1 atom stereocenters. The SMILES string of the molecule is O=C(O)CC[C@@]1(CCC(=O)N2CCCN(Cc3cccnc3)CC2)CCC(=O)N1. The van der Waals surface area contributed by atoms with Gasteiger partial charge in [-0.1, -0.05) is 6.07 Å². The van der Waals surface area contributed by atoms with E-state index in [9.17, 15) is 14.4 Å². The van der Waals surface area contributed by atoms with Crippen molar-refractivity contribution in [2.45, 2.75) is 57.0 Å². The average molecular weight is 402 g/mol. The molecule has 8 nitrogen and oxygen atoms in total. The lowest BCUT2D eigenvalue weighted by Gasteiger charge is -2.30. The lowest BCUT2D eigenvalue weighted by molar-refractivity contribution is -0.137. The van der Waals surface area contributed by atoms with E-state index in [4.69, 9.17) is 5.11 Å². The van der Waals surface area contributed by atoms with Gasteiger partial charge in [-0.15, -0.1) is 0 Å². The third kappa shape index (κ3) is 6.25. The first-order valence-electron chi connectivity index (χ1n) is 10.4. The molecule has 8 heteroatoms. The van der Waals surface area contributed by atoms with Crippen molar-refractivity contribution in [3.8, 4) is 0 Å². The second-order valence-electron chi connectivity index (χ2n) is 8.09. The molecule has 0 radical (unpaired) electrons. The molecule has 2 N–H and O–H groups in total. The maximum atomic E-state index is 12.8. The van der Waals surface area contributed by atoms with Crippen LogP contribution in [0.3, 0.4) is 0 Å². The number of hydrogen-bond donors (Lipinski definition) is 2. The molecule has 1 aromatic heterocycles. The number of hydrogen-bond acceptors (Lipinski definition) is 5. The van der Waals surface area contributed by atoms with E-state index in [1.165, 1.54) is 5.56 Å². The Bertz CT molecular complexity index is 727. The Morgan fingerprint density at radius 1 is 1.17 bits per heavy atom. The fraction of sp³-hybridized carbons (Fsp3) is 0.619. The van der Waals surface area contributed by atoms with Crippen LogP contribution in [0.15, 0.2) is 24.5 Å². The number of nitrogens with one attached hydrogen (secondary N) is 1. The summed E-state index contributed by atoms with van der Waals surface area (Å²) in [5, 5.41) is 11.9. The van der Waals surface area contributed by atoms with Crippen molar-refractivity contribution in [2.24, 2.45) is 0 Å². The molecule has 3 rings (SSSR count). The van der Waals surface area contributed by atoms with Gasteiger partial charge in [0.1, 0.15) is 0 Å². The monoisotopic (exact) mass is 402 g/mol. The topological polar surface area (TPSA) is 103 Å². The van der Waals surface area contributed by atoms with Gasteiger partial charge in [0.2, 0.25) is 11.8 Å². The van der Waals surface area contributed by atoms with Gasteiger partial charge in [-0.05, 0) is 37.3 Å². The van der Waals surface area contributed by atoms with Gasteiger partial charge >= 0.3 is 5.97 Å². The third-order valence-electron chi connectivity index (χ3n) is 5.94. The first-order chi connectivity index (χ1) is 14.0. The Labute approximate surface area is 171 Å². The summed E-state index contributed by atoms with van der Waals surface area (Å²) in [6, 6.07) is 4.00. The molecule has 2 aliphatic heterocycles. The Balaban J connectivity index is 1.49. The highest BCUT2D eigenvalue weighted by atomic mass is 16.4. The molecule has 2 saturated heterocycles. The van der Waals surface area contributed by atoms with Crippen molar-refractivity contribution >= 4 is 17.8 Å². The van der Waals surface area contributed by atoms with Gasteiger partial charge in [-0.2, -0.15) is 0 Å². The van der Waals surface area contributed by atoms with Crippen molar-refractivity contribution in [1.82, 2.24) is 20.1 Å². The Morgan fingerprint density at radius 2 is 2.00 bits per heavy atom. The summed E-state index contributed by atoms with van der Waals surface area (Å²) in [5.41, 5.74) is 0.619. The standard InChI is InChI=1S/C21H30N4O4/c26-18-4-7-21(23-18,9-6-20(28)29)8-5-19(27)25-12-2-11-24(13-14-25)16-17-3-1-10-22-15-17/h1,3,10,15H,2,4-9,11-14,16H2,(H,23,26)(H,28,29)/t21-/m0/s1. The first-order valence-corrected chi connectivity index (χ1v) is 10.4. The van der Waals surface area contributed by atoms with Crippen LogP contribution in [0.4, 0.5) is 0 Å². The zero-order valence-corrected chi connectivity index (χ0v) is 16.8. The molecule has 3 heterocycles. The van der Waals surface area contributed by atoms with Crippen LogP contribution in [-0.4, -0.2) is 69.4 Å². The lowest BCUT2D eigenvalue weighted by atomic mass is 9.86. The van der Waals surface area contributed by atoms with Crippen molar-refractivity contribution in [3.63, 3.8) is 0 Å². The smallest absolute Gasteiger partial charge is 0.303 e. The van der Waals surface area contributed by atoms with Crippen LogP contribution in [0.1, 0.15) is 50.5 Å². The Hall–Kier alpha value is -2.48. The molecule has 0 aromatic carbocycles. The van der Waals surface area contributed by atoms with E-state index in [0.29, 0.717) is 38.6 Å². The average Bonchev–Trinajstić information content (AvgIpc) is 2.92. The highest BCUT2D eigenvalue weighted by Crippen LogP contribution is 2.30. The molecule has 2 fully saturated rings. The maximum Gasteiger partial charge on any atom is 0.303 e. The normalized spacial score (nSPS) is 22.9. The number of carboxylic acid groups (broad SMARTS) is 1. The van der Waals surface area contributed by atoms with Gasteiger partial charge in [0, 0.05) is 69.9 Å². The summed E-state index contributed by atoms with van der Waals surface area (Å²) in [6.07, 6.45) is 6.78. The fourth-order valence-electron chi connectivity index (χ4n) is 4.25. The van der Waals surface area contributed by atoms with E-state index in [2.05, 4.69) is 21.3 Å². The van der Waals surface area contributed by atoms with Crippen molar-refractivity contribution in [2.75, 3.05) is 26.2 Å². The highest BCUT2D eigenvalue weighted by Gasteiger charge is 2.38. The maximum absolute atomic E-state index is 12.8. The van der Waals surface area contributed by atoms with Crippen LogP contribution < -0.4 is 5.32 Å². The van der Waals surface area contributed by atoms with Gasteiger partial charge in [0.15, 0.2) is 0 Å². The molecule has 2 aliphatic rings. The molecule has 2 amide bonds. The number of carbonyl (C=O) groups is 3. The van der Waals surface area contributed by atoms with Crippen molar-refractivity contribution in [3.05, 3.63) is 30.1 Å². The summed E-state index contributed by atoms with van der Waals surface area (Å²) in [4.78, 5) is 43.9. The number of carbonyl (C=O) groups excluding carboxylic acids is 2. The number of aliphatic carboxylic acids is 1. The van der Waals surface area contributed by atoms with Crippen LogP contribution in [0.5, 0.6) is 0 Å². The Kier molecular flexibility index (Phi) is 7.19. The van der Waals surface area contributed by atoms with E-state index in [-0.39, 0.29) is 18.2 Å². The van der Waals surface area contributed by atoms with E-state index >= 15 is 0 Å². The summed E-state index contributed by atoms with van der Waals surface area (Å²) in [5.74, 6) is -0.842. The molecular formula is C21H30N4O4. The predicted octanol–water partition coefficient (Wildman–Crippen LogP) is 1.41.